The summed E-state index contributed by atoms with van der Waals surface area (Å²) < 4.78 is 18.0. The van der Waals surface area contributed by atoms with Gasteiger partial charge in [-0.15, -0.1) is 0 Å². The molecule has 1 amide bonds. The largest absolute Gasteiger partial charge is 0.383 e. The van der Waals surface area contributed by atoms with E-state index in [9.17, 15) is 9.18 Å². The molecule has 0 aliphatic carbocycles. The Bertz CT molecular complexity index is 487. The molecule has 1 aliphatic heterocycles. The topological polar surface area (TPSA) is 36.0 Å². The van der Waals surface area contributed by atoms with Gasteiger partial charge in [-0.3, -0.25) is 14.6 Å². The summed E-state index contributed by atoms with van der Waals surface area (Å²) in [5, 5.41) is 0. The molecular formula is C17H26FN3O2. The van der Waals surface area contributed by atoms with E-state index in [1.165, 1.54) is 12.1 Å². The molecule has 0 N–H and O–H groups in total. The first-order chi connectivity index (χ1) is 11.1. The maximum Gasteiger partial charge on any atom is 0.236 e. The molecule has 0 spiro atoms. The highest BCUT2D eigenvalue weighted by atomic mass is 19.1. The van der Waals surface area contributed by atoms with Gasteiger partial charge in [-0.2, -0.15) is 0 Å². The van der Waals surface area contributed by atoms with E-state index in [2.05, 4.69) is 9.80 Å². The van der Waals surface area contributed by atoms with Crippen LogP contribution in [-0.2, 0) is 16.1 Å². The maximum absolute atomic E-state index is 12.9. The van der Waals surface area contributed by atoms with Gasteiger partial charge >= 0.3 is 0 Å². The minimum atomic E-state index is -0.255. The normalized spacial score (nSPS) is 16.5. The monoisotopic (exact) mass is 323 g/mol. The summed E-state index contributed by atoms with van der Waals surface area (Å²) in [7, 11) is 3.51. The highest BCUT2D eigenvalue weighted by Crippen LogP contribution is 2.07. The van der Waals surface area contributed by atoms with Crippen LogP contribution in [0, 0.1) is 5.82 Å². The molecule has 23 heavy (non-hydrogen) atoms. The zero-order valence-electron chi connectivity index (χ0n) is 14.0. The second-order valence-electron chi connectivity index (χ2n) is 5.99. The molecule has 1 fully saturated rings. The Morgan fingerprint density at radius 1 is 1.17 bits per heavy atom. The third kappa shape index (κ3) is 5.89. The number of piperazine rings is 1. The van der Waals surface area contributed by atoms with Crippen LogP contribution in [0.4, 0.5) is 4.39 Å². The van der Waals surface area contributed by atoms with Gasteiger partial charge < -0.3 is 9.64 Å². The summed E-state index contributed by atoms with van der Waals surface area (Å²) in [6.45, 7) is 6.39. The molecule has 1 heterocycles. The summed E-state index contributed by atoms with van der Waals surface area (Å²) in [5.41, 5.74) is 0.937. The van der Waals surface area contributed by atoms with Crippen LogP contribution in [0.3, 0.4) is 0 Å². The van der Waals surface area contributed by atoms with Crippen LogP contribution < -0.4 is 0 Å². The van der Waals surface area contributed by atoms with E-state index in [0.717, 1.165) is 44.9 Å². The number of likely N-dealkylation sites (N-methyl/N-ethyl adjacent to an activating group) is 1. The molecule has 0 unspecified atom stereocenters. The lowest BCUT2D eigenvalue weighted by Crippen LogP contribution is -2.50. The lowest BCUT2D eigenvalue weighted by atomic mass is 10.2. The van der Waals surface area contributed by atoms with Gasteiger partial charge in [0.2, 0.25) is 5.91 Å². The lowest BCUT2D eigenvalue weighted by Gasteiger charge is -2.34. The van der Waals surface area contributed by atoms with E-state index in [4.69, 9.17) is 4.74 Å². The van der Waals surface area contributed by atoms with Crippen LogP contribution in [0.25, 0.3) is 0 Å². The zero-order chi connectivity index (χ0) is 16.7. The van der Waals surface area contributed by atoms with Crippen molar-refractivity contribution in [2.75, 3.05) is 60.0 Å². The van der Waals surface area contributed by atoms with E-state index in [1.54, 1.807) is 31.2 Å². The van der Waals surface area contributed by atoms with Crippen molar-refractivity contribution in [3.05, 3.63) is 35.6 Å². The first-order valence-corrected chi connectivity index (χ1v) is 8.00. The predicted molar refractivity (Wildman–Crippen MR) is 87.6 cm³/mol. The van der Waals surface area contributed by atoms with Crippen molar-refractivity contribution in [3.8, 4) is 0 Å². The van der Waals surface area contributed by atoms with Gasteiger partial charge in [0.25, 0.3) is 0 Å². The summed E-state index contributed by atoms with van der Waals surface area (Å²) in [6.07, 6.45) is 0. The molecule has 0 bridgehead atoms. The van der Waals surface area contributed by atoms with Crippen LogP contribution in [0.1, 0.15) is 5.56 Å². The number of carbonyl (C=O) groups excluding carboxylic acids is 1. The number of nitrogens with zero attached hydrogens (tertiary/aromatic N) is 3. The molecule has 5 nitrogen and oxygen atoms in total. The Morgan fingerprint density at radius 3 is 2.39 bits per heavy atom. The number of ether oxygens (including phenoxy) is 1. The predicted octanol–water partition coefficient (Wildman–Crippen LogP) is 1.05. The van der Waals surface area contributed by atoms with Crippen molar-refractivity contribution < 1.29 is 13.9 Å². The van der Waals surface area contributed by atoms with Gasteiger partial charge in [-0.1, -0.05) is 12.1 Å². The van der Waals surface area contributed by atoms with Crippen molar-refractivity contribution in [1.29, 1.82) is 0 Å². The fourth-order valence-electron chi connectivity index (χ4n) is 2.66. The number of methoxy groups -OCH3 is 1. The standard InChI is InChI=1S/C17H26FN3O2/c1-19(13-15-3-5-16(18)6-4-15)17(22)14-21-9-7-20(8-10-21)11-12-23-2/h3-6H,7-14H2,1-2H3. The molecule has 0 atom stereocenters. The Balaban J connectivity index is 1.73. The third-order valence-electron chi connectivity index (χ3n) is 4.19. The number of benzene rings is 1. The van der Waals surface area contributed by atoms with Gasteiger partial charge in [-0.05, 0) is 17.7 Å². The molecule has 1 saturated heterocycles. The number of carbonyl (C=O) groups is 1. The third-order valence-corrected chi connectivity index (χ3v) is 4.19. The molecule has 1 aromatic carbocycles. The number of hydrogen-bond acceptors (Lipinski definition) is 4. The van der Waals surface area contributed by atoms with Gasteiger partial charge in [-0.25, -0.2) is 4.39 Å². The average Bonchev–Trinajstić information content (AvgIpc) is 2.56. The Morgan fingerprint density at radius 2 is 1.78 bits per heavy atom. The van der Waals surface area contributed by atoms with E-state index in [0.29, 0.717) is 13.1 Å². The number of halogens is 1. The second kappa shape index (κ2) is 8.96. The molecule has 0 saturated carbocycles. The minimum absolute atomic E-state index is 0.0969. The molecule has 1 aromatic rings. The second-order valence-corrected chi connectivity index (χ2v) is 5.99. The summed E-state index contributed by atoms with van der Waals surface area (Å²) >= 11 is 0. The van der Waals surface area contributed by atoms with E-state index >= 15 is 0 Å². The van der Waals surface area contributed by atoms with Crippen molar-refractivity contribution in [2.45, 2.75) is 6.54 Å². The molecule has 2 rings (SSSR count). The molecule has 0 aromatic heterocycles. The lowest BCUT2D eigenvalue weighted by molar-refractivity contribution is -0.132. The van der Waals surface area contributed by atoms with Crippen LogP contribution in [-0.4, -0.2) is 80.6 Å². The number of hydrogen-bond donors (Lipinski definition) is 0. The van der Waals surface area contributed by atoms with Crippen LogP contribution >= 0.6 is 0 Å². The van der Waals surface area contributed by atoms with E-state index in [-0.39, 0.29) is 11.7 Å². The molecule has 0 radical (unpaired) electrons. The molecule has 128 valence electrons. The SMILES string of the molecule is COCCN1CCN(CC(=O)N(C)Cc2ccc(F)cc2)CC1. The first kappa shape index (κ1) is 17.8. The minimum Gasteiger partial charge on any atom is -0.383 e. The van der Waals surface area contributed by atoms with E-state index in [1.807, 2.05) is 0 Å². The van der Waals surface area contributed by atoms with Crippen molar-refractivity contribution in [2.24, 2.45) is 0 Å². The summed E-state index contributed by atoms with van der Waals surface area (Å²) in [4.78, 5) is 18.6. The maximum atomic E-state index is 12.9. The summed E-state index contributed by atoms with van der Waals surface area (Å²) in [6, 6.07) is 6.28. The Kier molecular flexibility index (Phi) is 6.95. The first-order valence-electron chi connectivity index (χ1n) is 8.00. The molecule has 1 aliphatic rings. The van der Waals surface area contributed by atoms with Crippen molar-refractivity contribution in [3.63, 3.8) is 0 Å². The van der Waals surface area contributed by atoms with Crippen LogP contribution in [0.15, 0.2) is 24.3 Å². The number of amides is 1. The smallest absolute Gasteiger partial charge is 0.236 e. The zero-order valence-corrected chi connectivity index (χ0v) is 14.0. The number of rotatable bonds is 7. The van der Waals surface area contributed by atoms with Gasteiger partial charge in [0.1, 0.15) is 5.82 Å². The highest BCUT2D eigenvalue weighted by molar-refractivity contribution is 5.78. The van der Waals surface area contributed by atoms with Gasteiger partial charge in [0.15, 0.2) is 0 Å². The van der Waals surface area contributed by atoms with Crippen LogP contribution in [0.5, 0.6) is 0 Å². The Hall–Kier alpha value is -1.50. The van der Waals surface area contributed by atoms with Crippen molar-refractivity contribution >= 4 is 5.91 Å². The molecular weight excluding hydrogens is 297 g/mol. The fourth-order valence-corrected chi connectivity index (χ4v) is 2.66. The van der Waals surface area contributed by atoms with Gasteiger partial charge in [0.05, 0.1) is 13.2 Å². The highest BCUT2D eigenvalue weighted by Gasteiger charge is 2.20. The van der Waals surface area contributed by atoms with Crippen molar-refractivity contribution in [1.82, 2.24) is 14.7 Å². The fraction of sp³-hybridized carbons (Fsp3) is 0.588. The average molecular weight is 323 g/mol. The summed E-state index contributed by atoms with van der Waals surface area (Å²) in [5.74, 6) is -0.159. The van der Waals surface area contributed by atoms with Crippen LogP contribution in [0.2, 0.25) is 0 Å². The Labute approximate surface area is 137 Å². The quantitative estimate of drug-likeness (QED) is 0.751. The van der Waals surface area contributed by atoms with Gasteiger partial charge in [0, 0.05) is 53.4 Å². The molecule has 6 heteroatoms. The van der Waals surface area contributed by atoms with E-state index < -0.39 is 0 Å².